The zero-order valence-corrected chi connectivity index (χ0v) is 8.51. The predicted octanol–water partition coefficient (Wildman–Crippen LogP) is 0.932. The zero-order chi connectivity index (χ0) is 9.31. The van der Waals surface area contributed by atoms with Crippen LogP contribution in [0, 0.1) is 0 Å². The molecule has 1 aliphatic heterocycles. The van der Waals surface area contributed by atoms with Gasteiger partial charge in [0.05, 0.1) is 17.8 Å². The first kappa shape index (κ1) is 9.44. The molecule has 3 nitrogen and oxygen atoms in total. The van der Waals surface area contributed by atoms with Crippen LogP contribution in [0.3, 0.4) is 0 Å². The van der Waals surface area contributed by atoms with Gasteiger partial charge in [0.2, 0.25) is 0 Å². The van der Waals surface area contributed by atoms with Crippen LogP contribution in [0.2, 0.25) is 0 Å². The molecule has 2 rings (SSSR count). The molecule has 0 aromatic carbocycles. The Labute approximate surface area is 79.8 Å². The van der Waals surface area contributed by atoms with Gasteiger partial charge < -0.3 is 14.8 Å². The fourth-order valence-corrected chi connectivity index (χ4v) is 2.38. The summed E-state index contributed by atoms with van der Waals surface area (Å²) in [5, 5.41) is 3.41. The predicted molar refractivity (Wildman–Crippen MR) is 50.8 cm³/mol. The average Bonchev–Trinajstić information content (AvgIpc) is 2.02. The molecule has 0 amide bonds. The first-order valence-corrected chi connectivity index (χ1v) is 5.24. The van der Waals surface area contributed by atoms with Crippen molar-refractivity contribution in [3.8, 4) is 0 Å². The van der Waals surface area contributed by atoms with Gasteiger partial charge in [0.1, 0.15) is 0 Å². The molecule has 3 heteroatoms. The lowest BCUT2D eigenvalue weighted by molar-refractivity contribution is -0.202. The Balaban J connectivity index is 1.81. The molecule has 0 bridgehead atoms. The van der Waals surface area contributed by atoms with E-state index in [2.05, 4.69) is 12.2 Å². The Morgan fingerprint density at radius 2 is 2.31 bits per heavy atom. The number of rotatable bonds is 2. The third-order valence-corrected chi connectivity index (χ3v) is 2.93. The molecule has 1 spiro atoms. The molecule has 0 aromatic rings. The highest BCUT2D eigenvalue weighted by molar-refractivity contribution is 5.01. The quantitative estimate of drug-likeness (QED) is 0.694. The van der Waals surface area contributed by atoms with Crippen molar-refractivity contribution < 1.29 is 9.47 Å². The topological polar surface area (TPSA) is 30.5 Å². The molecule has 2 aliphatic rings. The van der Waals surface area contributed by atoms with Crippen LogP contribution in [0.5, 0.6) is 0 Å². The van der Waals surface area contributed by atoms with Gasteiger partial charge in [-0.3, -0.25) is 0 Å². The molecule has 0 aromatic heterocycles. The van der Waals surface area contributed by atoms with Crippen molar-refractivity contribution in [3.05, 3.63) is 0 Å². The lowest BCUT2D eigenvalue weighted by atomic mass is 9.76. The number of hydrogen-bond acceptors (Lipinski definition) is 3. The van der Waals surface area contributed by atoms with Crippen LogP contribution in [-0.4, -0.2) is 37.5 Å². The highest BCUT2D eigenvalue weighted by Gasteiger charge is 2.48. The van der Waals surface area contributed by atoms with Gasteiger partial charge in [-0.2, -0.15) is 0 Å². The molecular formula is C10H19NO2. The monoisotopic (exact) mass is 185 g/mol. The van der Waals surface area contributed by atoms with E-state index in [9.17, 15) is 0 Å². The van der Waals surface area contributed by atoms with Gasteiger partial charge in [0.25, 0.3) is 0 Å². The second-order valence-electron chi connectivity index (χ2n) is 4.23. The van der Waals surface area contributed by atoms with Gasteiger partial charge >= 0.3 is 0 Å². The molecule has 1 saturated heterocycles. The lowest BCUT2D eigenvalue weighted by Gasteiger charge is -2.51. The van der Waals surface area contributed by atoms with Crippen LogP contribution in [0.4, 0.5) is 0 Å². The Morgan fingerprint density at radius 1 is 1.54 bits per heavy atom. The second kappa shape index (κ2) is 3.56. The third-order valence-electron chi connectivity index (χ3n) is 2.93. The standard InChI is InChI=1S/C10H19NO2/c1-3-12-9-4-10(5-9)7-11-6-8(2)13-10/h8-9,11H,3-7H2,1-2H3. The molecule has 1 aliphatic carbocycles. The summed E-state index contributed by atoms with van der Waals surface area (Å²) < 4.78 is 11.5. The summed E-state index contributed by atoms with van der Waals surface area (Å²) in [7, 11) is 0. The smallest absolute Gasteiger partial charge is 0.0859 e. The normalized spacial score (nSPS) is 44.8. The van der Waals surface area contributed by atoms with Gasteiger partial charge in [0.15, 0.2) is 0 Å². The summed E-state index contributed by atoms with van der Waals surface area (Å²) in [5.74, 6) is 0. The SMILES string of the molecule is CCOC1CC2(CNCC(C)O2)C1. The number of nitrogens with one attached hydrogen (secondary N) is 1. The van der Waals surface area contributed by atoms with E-state index in [-0.39, 0.29) is 5.60 Å². The summed E-state index contributed by atoms with van der Waals surface area (Å²) in [4.78, 5) is 0. The van der Waals surface area contributed by atoms with Gasteiger partial charge in [-0.15, -0.1) is 0 Å². The maximum Gasteiger partial charge on any atom is 0.0859 e. The van der Waals surface area contributed by atoms with Crippen molar-refractivity contribution in [3.63, 3.8) is 0 Å². The summed E-state index contributed by atoms with van der Waals surface area (Å²) in [6.07, 6.45) is 2.93. The van der Waals surface area contributed by atoms with Crippen molar-refractivity contribution in [2.45, 2.75) is 44.5 Å². The van der Waals surface area contributed by atoms with E-state index in [4.69, 9.17) is 9.47 Å². The van der Waals surface area contributed by atoms with Gasteiger partial charge in [-0.25, -0.2) is 0 Å². The van der Waals surface area contributed by atoms with Crippen molar-refractivity contribution >= 4 is 0 Å². The van der Waals surface area contributed by atoms with Crippen molar-refractivity contribution in [2.75, 3.05) is 19.7 Å². The molecule has 0 radical (unpaired) electrons. The number of hydrogen-bond donors (Lipinski definition) is 1. The lowest BCUT2D eigenvalue weighted by Crippen LogP contribution is -2.61. The van der Waals surface area contributed by atoms with E-state index in [0.717, 1.165) is 32.5 Å². The van der Waals surface area contributed by atoms with Crippen LogP contribution in [-0.2, 0) is 9.47 Å². The molecular weight excluding hydrogens is 166 g/mol. The Hall–Kier alpha value is -0.120. The maximum absolute atomic E-state index is 5.94. The van der Waals surface area contributed by atoms with Crippen molar-refractivity contribution in [2.24, 2.45) is 0 Å². The van der Waals surface area contributed by atoms with E-state index in [1.54, 1.807) is 0 Å². The number of morpholine rings is 1. The molecule has 13 heavy (non-hydrogen) atoms. The molecule has 1 atom stereocenters. The highest BCUT2D eigenvalue weighted by atomic mass is 16.5. The van der Waals surface area contributed by atoms with E-state index < -0.39 is 0 Å². The molecule has 76 valence electrons. The Kier molecular flexibility index (Phi) is 2.58. The minimum Gasteiger partial charge on any atom is -0.378 e. The third kappa shape index (κ3) is 1.87. The zero-order valence-electron chi connectivity index (χ0n) is 8.51. The van der Waals surface area contributed by atoms with Crippen LogP contribution in [0.1, 0.15) is 26.7 Å². The molecule has 1 N–H and O–H groups in total. The molecule has 2 fully saturated rings. The molecule has 1 unspecified atom stereocenters. The van der Waals surface area contributed by atoms with Crippen LogP contribution in [0.25, 0.3) is 0 Å². The van der Waals surface area contributed by atoms with Crippen LogP contribution < -0.4 is 5.32 Å². The summed E-state index contributed by atoms with van der Waals surface area (Å²) in [6.45, 7) is 6.99. The van der Waals surface area contributed by atoms with E-state index >= 15 is 0 Å². The Bertz CT molecular complexity index is 178. The van der Waals surface area contributed by atoms with Crippen molar-refractivity contribution in [1.82, 2.24) is 5.32 Å². The fourth-order valence-electron chi connectivity index (χ4n) is 2.38. The minimum absolute atomic E-state index is 0.109. The minimum atomic E-state index is 0.109. The largest absolute Gasteiger partial charge is 0.378 e. The first-order valence-electron chi connectivity index (χ1n) is 5.24. The van der Waals surface area contributed by atoms with E-state index in [0.29, 0.717) is 12.2 Å². The number of ether oxygens (including phenoxy) is 2. The van der Waals surface area contributed by atoms with E-state index in [1.165, 1.54) is 0 Å². The highest BCUT2D eigenvalue weighted by Crippen LogP contribution is 2.39. The summed E-state index contributed by atoms with van der Waals surface area (Å²) in [5.41, 5.74) is 0.109. The van der Waals surface area contributed by atoms with Gasteiger partial charge in [0, 0.05) is 32.5 Å². The fraction of sp³-hybridized carbons (Fsp3) is 1.00. The van der Waals surface area contributed by atoms with Crippen LogP contribution >= 0.6 is 0 Å². The second-order valence-corrected chi connectivity index (χ2v) is 4.23. The summed E-state index contributed by atoms with van der Waals surface area (Å²) >= 11 is 0. The van der Waals surface area contributed by atoms with Crippen molar-refractivity contribution in [1.29, 1.82) is 0 Å². The van der Waals surface area contributed by atoms with Gasteiger partial charge in [-0.05, 0) is 13.8 Å². The van der Waals surface area contributed by atoms with E-state index in [1.807, 2.05) is 6.92 Å². The molecule has 1 heterocycles. The van der Waals surface area contributed by atoms with Crippen LogP contribution in [0.15, 0.2) is 0 Å². The summed E-state index contributed by atoms with van der Waals surface area (Å²) in [6, 6.07) is 0. The Morgan fingerprint density at radius 3 is 2.92 bits per heavy atom. The molecule has 1 saturated carbocycles. The van der Waals surface area contributed by atoms with Gasteiger partial charge in [-0.1, -0.05) is 0 Å². The average molecular weight is 185 g/mol. The maximum atomic E-state index is 5.94. The first-order chi connectivity index (χ1) is 6.24.